The van der Waals surface area contributed by atoms with Gasteiger partial charge in [-0.25, -0.2) is 0 Å². The molecule has 0 saturated carbocycles. The van der Waals surface area contributed by atoms with Crippen LogP contribution in [0.5, 0.6) is 0 Å². The predicted octanol–water partition coefficient (Wildman–Crippen LogP) is 13.6. The molecule has 1 aromatic heterocycles. The van der Waals surface area contributed by atoms with E-state index in [-0.39, 0.29) is 11.8 Å². The number of benzene rings is 7. The first kappa shape index (κ1) is 29.5. The fourth-order valence-electron chi connectivity index (χ4n) is 8.18. The Labute approximate surface area is 298 Å². The lowest BCUT2D eigenvalue weighted by atomic mass is 9.72. The van der Waals surface area contributed by atoms with E-state index < -0.39 is 0 Å². The summed E-state index contributed by atoms with van der Waals surface area (Å²) in [6.45, 7) is 0. The Hall–Kier alpha value is -6.44. The highest BCUT2D eigenvalue weighted by Crippen LogP contribution is 2.49. The van der Waals surface area contributed by atoms with Crippen LogP contribution < -0.4 is 0 Å². The minimum absolute atomic E-state index is 0.237. The van der Waals surface area contributed by atoms with Crippen LogP contribution >= 0.6 is 0 Å². The van der Waals surface area contributed by atoms with Crippen molar-refractivity contribution >= 4 is 33.4 Å². The van der Waals surface area contributed by atoms with Crippen molar-refractivity contribution in [2.24, 2.45) is 5.92 Å². The van der Waals surface area contributed by atoms with Crippen molar-refractivity contribution in [1.29, 1.82) is 0 Å². The first-order chi connectivity index (χ1) is 25.3. The van der Waals surface area contributed by atoms with Crippen LogP contribution in [0.15, 0.2) is 193 Å². The van der Waals surface area contributed by atoms with Gasteiger partial charge < -0.3 is 4.42 Å². The molecule has 0 fully saturated rings. The normalized spacial score (nSPS) is 16.2. The van der Waals surface area contributed by atoms with Crippen LogP contribution in [0, 0.1) is 5.92 Å². The molecular formula is C50H34O. The van der Waals surface area contributed by atoms with Gasteiger partial charge in [-0.3, -0.25) is 0 Å². The number of allylic oxidation sites excluding steroid dienone is 5. The monoisotopic (exact) mass is 650 g/mol. The van der Waals surface area contributed by atoms with Gasteiger partial charge in [0.2, 0.25) is 0 Å². The van der Waals surface area contributed by atoms with Crippen LogP contribution in [0.4, 0.5) is 0 Å². The van der Waals surface area contributed by atoms with Crippen LogP contribution in [0.25, 0.3) is 77.9 Å². The lowest BCUT2D eigenvalue weighted by Gasteiger charge is -2.30. The van der Waals surface area contributed by atoms with Crippen molar-refractivity contribution in [3.8, 4) is 44.5 Å². The van der Waals surface area contributed by atoms with Crippen molar-refractivity contribution in [3.05, 3.63) is 205 Å². The molecule has 10 rings (SSSR count). The summed E-state index contributed by atoms with van der Waals surface area (Å²) >= 11 is 0. The van der Waals surface area contributed by atoms with E-state index in [2.05, 4.69) is 194 Å². The number of furan rings is 1. The van der Waals surface area contributed by atoms with E-state index in [9.17, 15) is 0 Å². The standard InChI is InChI=1S/C50H34O/c1-4-13-33(14-5-1)39-28-40(36-23-25-43-38(27-36)19-12-22-42(43)34-15-6-2-7-16-34)30-41(29-39)37-24-26-46-48(31-37)51-49-32-47(35-17-8-3-9-18-35)44-20-10-11-21-45(44)50(46)49/h1-32,44-45H. The highest BCUT2D eigenvalue weighted by molar-refractivity contribution is 6.00. The highest BCUT2D eigenvalue weighted by atomic mass is 16.3. The van der Waals surface area contributed by atoms with Crippen LogP contribution in [0.1, 0.15) is 22.8 Å². The summed E-state index contributed by atoms with van der Waals surface area (Å²) in [4.78, 5) is 0. The molecule has 0 radical (unpaired) electrons. The van der Waals surface area contributed by atoms with Crippen LogP contribution in [0.3, 0.4) is 0 Å². The van der Waals surface area contributed by atoms with E-state index in [1.54, 1.807) is 0 Å². The van der Waals surface area contributed by atoms with E-state index in [0.717, 1.165) is 16.9 Å². The van der Waals surface area contributed by atoms with Crippen LogP contribution in [0.2, 0.25) is 0 Å². The number of hydrogen-bond donors (Lipinski definition) is 0. The van der Waals surface area contributed by atoms with E-state index in [0.29, 0.717) is 0 Å². The van der Waals surface area contributed by atoms with Gasteiger partial charge in [-0.05, 0) is 103 Å². The van der Waals surface area contributed by atoms with E-state index in [1.807, 2.05) is 0 Å². The Balaban J connectivity index is 1.10. The van der Waals surface area contributed by atoms with Gasteiger partial charge in [-0.1, -0.05) is 158 Å². The first-order valence-corrected chi connectivity index (χ1v) is 17.7. The third-order valence-electron chi connectivity index (χ3n) is 10.7. The summed E-state index contributed by atoms with van der Waals surface area (Å²) in [5.74, 6) is 1.48. The SMILES string of the molecule is C1=CC2C(c3ccccc3)=Cc3oc4cc(-c5cc(-c6ccccc6)cc(-c6ccc7c(-c8ccccc8)cccc7c6)c5)ccc4c3C2C=C1. The zero-order valence-electron chi connectivity index (χ0n) is 28.0. The summed E-state index contributed by atoms with van der Waals surface area (Å²) in [6.07, 6.45) is 11.3. The molecule has 1 nitrogen and oxygen atoms in total. The van der Waals surface area contributed by atoms with Gasteiger partial charge in [0.1, 0.15) is 11.3 Å². The summed E-state index contributed by atoms with van der Waals surface area (Å²) in [6, 6.07) is 59.3. The number of fused-ring (bicyclic) bond motifs is 6. The van der Waals surface area contributed by atoms with Crippen molar-refractivity contribution < 1.29 is 4.42 Å². The minimum atomic E-state index is 0.237. The summed E-state index contributed by atoms with van der Waals surface area (Å²) < 4.78 is 6.74. The van der Waals surface area contributed by atoms with Crippen molar-refractivity contribution in [3.63, 3.8) is 0 Å². The molecule has 0 amide bonds. The first-order valence-electron chi connectivity index (χ1n) is 17.7. The Bertz CT molecular complexity index is 2670. The van der Waals surface area contributed by atoms with Crippen molar-refractivity contribution in [1.82, 2.24) is 0 Å². The van der Waals surface area contributed by atoms with E-state index >= 15 is 0 Å². The molecule has 2 aliphatic rings. The Morgan fingerprint density at radius 1 is 0.392 bits per heavy atom. The van der Waals surface area contributed by atoms with E-state index in [1.165, 1.54) is 71.8 Å². The Morgan fingerprint density at radius 3 is 1.69 bits per heavy atom. The third kappa shape index (κ3) is 5.18. The molecule has 1 heteroatoms. The van der Waals surface area contributed by atoms with Crippen LogP contribution in [-0.2, 0) is 0 Å². The maximum absolute atomic E-state index is 6.74. The number of rotatable bonds is 5. The van der Waals surface area contributed by atoms with Crippen LogP contribution in [-0.4, -0.2) is 0 Å². The van der Waals surface area contributed by atoms with Gasteiger partial charge in [-0.15, -0.1) is 0 Å². The average molecular weight is 651 g/mol. The molecule has 0 N–H and O–H groups in total. The smallest absolute Gasteiger partial charge is 0.135 e. The molecule has 240 valence electrons. The van der Waals surface area contributed by atoms with Gasteiger partial charge in [0, 0.05) is 22.8 Å². The maximum Gasteiger partial charge on any atom is 0.135 e. The quantitative estimate of drug-likeness (QED) is 0.181. The zero-order valence-corrected chi connectivity index (χ0v) is 28.0. The predicted molar refractivity (Wildman–Crippen MR) is 214 cm³/mol. The fourth-order valence-corrected chi connectivity index (χ4v) is 8.18. The molecule has 51 heavy (non-hydrogen) atoms. The second kappa shape index (κ2) is 12.2. The Morgan fingerprint density at radius 2 is 0.980 bits per heavy atom. The summed E-state index contributed by atoms with van der Waals surface area (Å²) in [7, 11) is 0. The highest BCUT2D eigenvalue weighted by Gasteiger charge is 2.34. The number of hydrogen-bond acceptors (Lipinski definition) is 1. The van der Waals surface area contributed by atoms with Gasteiger partial charge >= 0.3 is 0 Å². The second-order valence-corrected chi connectivity index (χ2v) is 13.7. The lowest BCUT2D eigenvalue weighted by Crippen LogP contribution is -2.16. The van der Waals surface area contributed by atoms with Gasteiger partial charge in [0.15, 0.2) is 0 Å². The molecule has 0 saturated heterocycles. The maximum atomic E-state index is 6.74. The van der Waals surface area contributed by atoms with Gasteiger partial charge in [-0.2, -0.15) is 0 Å². The fraction of sp³-hybridized carbons (Fsp3) is 0.0400. The lowest BCUT2D eigenvalue weighted by molar-refractivity contribution is 0.582. The van der Waals surface area contributed by atoms with E-state index in [4.69, 9.17) is 4.42 Å². The zero-order chi connectivity index (χ0) is 33.7. The third-order valence-corrected chi connectivity index (χ3v) is 10.7. The molecule has 0 spiro atoms. The minimum Gasteiger partial charge on any atom is -0.456 e. The topological polar surface area (TPSA) is 13.1 Å². The molecule has 0 bridgehead atoms. The van der Waals surface area contributed by atoms with Gasteiger partial charge in [0.25, 0.3) is 0 Å². The molecule has 2 aliphatic carbocycles. The summed E-state index contributed by atoms with van der Waals surface area (Å²) in [5, 5.41) is 3.68. The molecule has 7 aromatic carbocycles. The van der Waals surface area contributed by atoms with Gasteiger partial charge in [0.05, 0.1) is 0 Å². The molecule has 8 aromatic rings. The molecule has 1 heterocycles. The second-order valence-electron chi connectivity index (χ2n) is 13.7. The molecule has 2 atom stereocenters. The summed E-state index contributed by atoms with van der Waals surface area (Å²) in [5.41, 5.74) is 14.3. The van der Waals surface area contributed by atoms with Crippen molar-refractivity contribution in [2.45, 2.75) is 5.92 Å². The Kier molecular flexibility index (Phi) is 7.03. The largest absolute Gasteiger partial charge is 0.456 e. The molecule has 0 aliphatic heterocycles. The molecule has 2 unspecified atom stereocenters. The van der Waals surface area contributed by atoms with Crippen molar-refractivity contribution in [2.75, 3.05) is 0 Å². The molecular weight excluding hydrogens is 617 g/mol. The average Bonchev–Trinajstić information content (AvgIpc) is 3.59.